The van der Waals surface area contributed by atoms with Gasteiger partial charge in [-0.05, 0) is 29.0 Å². The normalized spacial score (nSPS) is 12.9. The van der Waals surface area contributed by atoms with E-state index in [0.717, 1.165) is 10.8 Å². The lowest BCUT2D eigenvalue weighted by Crippen LogP contribution is -2.00. The molecule has 0 saturated carbocycles. The van der Waals surface area contributed by atoms with E-state index in [9.17, 15) is 10.2 Å². The van der Waals surface area contributed by atoms with Crippen molar-refractivity contribution in [2.24, 2.45) is 0 Å². The maximum absolute atomic E-state index is 9.81. The lowest BCUT2D eigenvalue weighted by molar-refractivity contribution is 0.271. The number of benzene rings is 2. The molecule has 0 amide bonds. The number of phenolic OH excluding ortho intramolecular Hbond substituents is 2. The van der Waals surface area contributed by atoms with Gasteiger partial charge in [-0.2, -0.15) is 0 Å². The van der Waals surface area contributed by atoms with E-state index in [-0.39, 0.29) is 24.0 Å². The molecule has 0 aromatic heterocycles. The molecule has 2 aromatic carbocycles. The second-order valence-corrected chi connectivity index (χ2v) is 3.99. The molecule has 0 fully saturated rings. The van der Waals surface area contributed by atoms with Crippen LogP contribution in [-0.4, -0.2) is 21.9 Å². The Kier molecular flexibility index (Phi) is 2.71. The summed E-state index contributed by atoms with van der Waals surface area (Å²) < 4.78 is 0. The summed E-state index contributed by atoms with van der Waals surface area (Å²) in [5.41, 5.74) is 0.677. The quantitative estimate of drug-likeness (QED) is 0.725. The fraction of sp³-hybridized carbons (Fsp3) is 0.231. The molecular formula is C13H14O3. The van der Waals surface area contributed by atoms with Crippen molar-refractivity contribution in [2.75, 3.05) is 6.61 Å². The second kappa shape index (κ2) is 4.02. The summed E-state index contributed by atoms with van der Waals surface area (Å²) in [7, 11) is 0. The van der Waals surface area contributed by atoms with Crippen molar-refractivity contribution in [1.29, 1.82) is 0 Å². The molecule has 0 bridgehead atoms. The van der Waals surface area contributed by atoms with Gasteiger partial charge in [-0.25, -0.2) is 0 Å². The van der Waals surface area contributed by atoms with Crippen molar-refractivity contribution < 1.29 is 15.3 Å². The van der Waals surface area contributed by atoms with Gasteiger partial charge in [-0.3, -0.25) is 0 Å². The fourth-order valence-corrected chi connectivity index (χ4v) is 1.93. The van der Waals surface area contributed by atoms with Crippen molar-refractivity contribution in [2.45, 2.75) is 12.8 Å². The van der Waals surface area contributed by atoms with Crippen LogP contribution in [0.4, 0.5) is 0 Å². The van der Waals surface area contributed by atoms with Gasteiger partial charge in [-0.15, -0.1) is 0 Å². The number of phenols is 2. The van der Waals surface area contributed by atoms with E-state index in [2.05, 4.69) is 0 Å². The molecule has 0 aliphatic heterocycles. The van der Waals surface area contributed by atoms with Crippen LogP contribution in [0.5, 0.6) is 11.5 Å². The maximum Gasteiger partial charge on any atom is 0.119 e. The van der Waals surface area contributed by atoms with Crippen LogP contribution in [0.15, 0.2) is 30.3 Å². The van der Waals surface area contributed by atoms with Crippen LogP contribution in [0.3, 0.4) is 0 Å². The molecule has 2 aromatic rings. The largest absolute Gasteiger partial charge is 0.508 e. The highest BCUT2D eigenvalue weighted by Gasteiger charge is 2.13. The molecule has 0 heterocycles. The van der Waals surface area contributed by atoms with Crippen LogP contribution < -0.4 is 0 Å². The summed E-state index contributed by atoms with van der Waals surface area (Å²) >= 11 is 0. The number of hydrogen-bond donors (Lipinski definition) is 3. The van der Waals surface area contributed by atoms with Gasteiger partial charge in [0.05, 0.1) is 0 Å². The molecule has 0 aliphatic carbocycles. The van der Waals surface area contributed by atoms with Gasteiger partial charge in [0.25, 0.3) is 0 Å². The van der Waals surface area contributed by atoms with Gasteiger partial charge >= 0.3 is 0 Å². The Hall–Kier alpha value is -1.74. The average molecular weight is 218 g/mol. The number of hydrogen-bond acceptors (Lipinski definition) is 3. The topological polar surface area (TPSA) is 60.7 Å². The number of fused-ring (bicyclic) bond motifs is 1. The van der Waals surface area contributed by atoms with Crippen molar-refractivity contribution in [3.05, 3.63) is 35.9 Å². The summed E-state index contributed by atoms with van der Waals surface area (Å²) in [6.45, 7) is 1.79. The standard InChI is InChI=1S/C13H14O3/c1-8(7-14)13-11-6-10(15)4-2-9(11)3-5-12(13)16/h2-6,8,14-16H,7H2,1H3. The first kappa shape index (κ1) is 10.8. The molecule has 3 nitrogen and oxygen atoms in total. The predicted molar refractivity (Wildman–Crippen MR) is 62.8 cm³/mol. The average Bonchev–Trinajstić information content (AvgIpc) is 2.28. The van der Waals surface area contributed by atoms with E-state index in [4.69, 9.17) is 5.11 Å². The fourth-order valence-electron chi connectivity index (χ4n) is 1.93. The van der Waals surface area contributed by atoms with E-state index in [1.54, 1.807) is 30.3 Å². The lowest BCUT2D eigenvalue weighted by Gasteiger charge is -2.14. The van der Waals surface area contributed by atoms with Crippen LogP contribution in [0.2, 0.25) is 0 Å². The van der Waals surface area contributed by atoms with Crippen molar-refractivity contribution in [1.82, 2.24) is 0 Å². The van der Waals surface area contributed by atoms with Crippen LogP contribution >= 0.6 is 0 Å². The smallest absolute Gasteiger partial charge is 0.119 e. The summed E-state index contributed by atoms with van der Waals surface area (Å²) in [5, 5.41) is 30.1. The summed E-state index contributed by atoms with van der Waals surface area (Å²) in [4.78, 5) is 0. The molecule has 16 heavy (non-hydrogen) atoms. The van der Waals surface area contributed by atoms with Gasteiger partial charge in [-0.1, -0.05) is 19.1 Å². The highest BCUT2D eigenvalue weighted by atomic mass is 16.3. The van der Waals surface area contributed by atoms with E-state index < -0.39 is 0 Å². The number of rotatable bonds is 2. The van der Waals surface area contributed by atoms with Crippen molar-refractivity contribution in [3.63, 3.8) is 0 Å². The van der Waals surface area contributed by atoms with Gasteiger partial charge in [0.15, 0.2) is 0 Å². The van der Waals surface area contributed by atoms with E-state index in [1.165, 1.54) is 0 Å². The molecule has 84 valence electrons. The first-order chi connectivity index (χ1) is 7.63. The van der Waals surface area contributed by atoms with E-state index in [1.807, 2.05) is 6.92 Å². The number of aromatic hydroxyl groups is 2. The Morgan fingerprint density at radius 1 is 1.12 bits per heavy atom. The molecule has 1 atom stereocenters. The van der Waals surface area contributed by atoms with Gasteiger partial charge < -0.3 is 15.3 Å². The summed E-state index contributed by atoms with van der Waals surface area (Å²) in [6, 6.07) is 8.40. The molecular weight excluding hydrogens is 204 g/mol. The SMILES string of the molecule is CC(CO)c1c(O)ccc2ccc(O)cc12. The molecule has 1 unspecified atom stereocenters. The summed E-state index contributed by atoms with van der Waals surface area (Å²) in [5.74, 6) is 0.148. The minimum absolute atomic E-state index is 0.0394. The molecule has 3 N–H and O–H groups in total. The zero-order valence-corrected chi connectivity index (χ0v) is 9.01. The second-order valence-electron chi connectivity index (χ2n) is 3.99. The van der Waals surface area contributed by atoms with Gasteiger partial charge in [0, 0.05) is 18.1 Å². The van der Waals surface area contributed by atoms with E-state index in [0.29, 0.717) is 5.56 Å². The highest BCUT2D eigenvalue weighted by molar-refractivity contribution is 5.89. The lowest BCUT2D eigenvalue weighted by atomic mass is 9.94. The minimum atomic E-state index is -0.162. The molecule has 0 spiro atoms. The third-order valence-electron chi connectivity index (χ3n) is 2.79. The Labute approximate surface area is 93.6 Å². The van der Waals surface area contributed by atoms with Crippen LogP contribution in [0.1, 0.15) is 18.4 Å². The van der Waals surface area contributed by atoms with Crippen LogP contribution in [0.25, 0.3) is 10.8 Å². The zero-order chi connectivity index (χ0) is 11.7. The Balaban J connectivity index is 2.77. The number of aliphatic hydroxyl groups excluding tert-OH is 1. The van der Waals surface area contributed by atoms with Crippen LogP contribution in [0, 0.1) is 0 Å². The molecule has 0 saturated heterocycles. The maximum atomic E-state index is 9.81. The first-order valence-corrected chi connectivity index (χ1v) is 5.19. The Bertz CT molecular complexity index is 515. The molecule has 0 aliphatic rings. The highest BCUT2D eigenvalue weighted by Crippen LogP contribution is 2.34. The third-order valence-corrected chi connectivity index (χ3v) is 2.79. The zero-order valence-electron chi connectivity index (χ0n) is 9.01. The first-order valence-electron chi connectivity index (χ1n) is 5.19. The molecule has 2 rings (SSSR count). The Morgan fingerprint density at radius 2 is 1.81 bits per heavy atom. The monoisotopic (exact) mass is 218 g/mol. The van der Waals surface area contributed by atoms with E-state index >= 15 is 0 Å². The van der Waals surface area contributed by atoms with Crippen molar-refractivity contribution >= 4 is 10.8 Å². The minimum Gasteiger partial charge on any atom is -0.508 e. The van der Waals surface area contributed by atoms with Crippen molar-refractivity contribution in [3.8, 4) is 11.5 Å². The Morgan fingerprint density at radius 3 is 2.50 bits per heavy atom. The van der Waals surface area contributed by atoms with Gasteiger partial charge in [0.1, 0.15) is 11.5 Å². The summed E-state index contributed by atoms with van der Waals surface area (Å²) in [6.07, 6.45) is 0. The molecule has 3 heteroatoms. The van der Waals surface area contributed by atoms with Crippen LogP contribution in [-0.2, 0) is 0 Å². The van der Waals surface area contributed by atoms with Gasteiger partial charge in [0.2, 0.25) is 0 Å². The predicted octanol–water partition coefficient (Wildman–Crippen LogP) is 2.35. The number of aliphatic hydroxyl groups is 1. The third kappa shape index (κ3) is 1.70. The molecule has 0 radical (unpaired) electrons.